The Bertz CT molecular complexity index is 365. The lowest BCUT2D eigenvalue weighted by atomic mass is 9.94. The highest BCUT2D eigenvalue weighted by molar-refractivity contribution is 5.83. The highest BCUT2D eigenvalue weighted by atomic mass is 16.4. The van der Waals surface area contributed by atoms with Crippen molar-refractivity contribution in [2.45, 2.75) is 26.2 Å². The number of nitrogens with one attached hydrogen (secondary N) is 1. The number of carbonyl (C=O) groups excluding carboxylic acids is 2. The van der Waals surface area contributed by atoms with Gasteiger partial charge in [0.1, 0.15) is 6.54 Å². The molecule has 0 spiro atoms. The third kappa shape index (κ3) is 4.71. The molecule has 3 amide bonds. The molecule has 0 unspecified atom stereocenters. The number of carboxylic acids is 1. The van der Waals surface area contributed by atoms with Gasteiger partial charge in [-0.05, 0) is 25.7 Å². The lowest BCUT2D eigenvalue weighted by molar-refractivity contribution is -0.138. The van der Waals surface area contributed by atoms with Crippen LogP contribution in [0.25, 0.3) is 0 Å². The third-order valence-electron chi connectivity index (χ3n) is 3.61. The molecule has 114 valence electrons. The van der Waals surface area contributed by atoms with E-state index in [9.17, 15) is 14.4 Å². The summed E-state index contributed by atoms with van der Waals surface area (Å²) in [4.78, 5) is 37.5. The zero-order chi connectivity index (χ0) is 15.1. The first-order valence-electron chi connectivity index (χ1n) is 6.94. The zero-order valence-electron chi connectivity index (χ0n) is 12.1. The molecule has 1 fully saturated rings. The summed E-state index contributed by atoms with van der Waals surface area (Å²) in [6, 6.07) is -0.148. The van der Waals surface area contributed by atoms with E-state index >= 15 is 0 Å². The minimum absolute atomic E-state index is 0.0564. The first-order valence-corrected chi connectivity index (χ1v) is 6.94. The van der Waals surface area contributed by atoms with E-state index in [-0.39, 0.29) is 30.8 Å². The molecule has 1 saturated heterocycles. The van der Waals surface area contributed by atoms with Crippen molar-refractivity contribution in [1.29, 1.82) is 0 Å². The fourth-order valence-corrected chi connectivity index (χ4v) is 2.34. The van der Waals surface area contributed by atoms with Crippen molar-refractivity contribution in [2.24, 2.45) is 5.92 Å². The average molecular weight is 285 g/mol. The van der Waals surface area contributed by atoms with Gasteiger partial charge in [0.25, 0.3) is 0 Å². The van der Waals surface area contributed by atoms with Gasteiger partial charge in [0, 0.05) is 33.1 Å². The predicted octanol–water partition coefficient (Wildman–Crippen LogP) is 0.361. The van der Waals surface area contributed by atoms with Gasteiger partial charge in [0.15, 0.2) is 0 Å². The summed E-state index contributed by atoms with van der Waals surface area (Å²) in [6.07, 6.45) is 1.57. The number of amides is 3. The molecule has 0 bridgehead atoms. The second-order valence-electron chi connectivity index (χ2n) is 5.00. The number of piperidine rings is 1. The lowest BCUT2D eigenvalue weighted by Crippen LogP contribution is -2.49. The first-order chi connectivity index (χ1) is 9.47. The number of likely N-dealkylation sites (tertiary alicyclic amines) is 1. The smallest absolute Gasteiger partial charge is 0.320 e. The van der Waals surface area contributed by atoms with Crippen molar-refractivity contribution in [3.63, 3.8) is 0 Å². The van der Waals surface area contributed by atoms with E-state index in [0.717, 1.165) is 0 Å². The summed E-state index contributed by atoms with van der Waals surface area (Å²) >= 11 is 0. The van der Waals surface area contributed by atoms with Crippen LogP contribution in [0.1, 0.15) is 26.2 Å². The Kier molecular flexibility index (Phi) is 6.27. The van der Waals surface area contributed by atoms with E-state index in [1.54, 1.807) is 4.90 Å². The van der Waals surface area contributed by atoms with Gasteiger partial charge in [-0.25, -0.2) is 4.79 Å². The third-order valence-corrected chi connectivity index (χ3v) is 3.61. The number of hydrogen-bond donors (Lipinski definition) is 2. The standard InChI is InChI=1S/C13H23N3O4/c1-3-15(9-11(17)14-2)13(20)16-6-4-10(5-7-16)8-12(18)19/h10H,3-9H2,1-2H3,(H,14,17)(H,18,19). The number of nitrogens with zero attached hydrogens (tertiary/aromatic N) is 2. The van der Waals surface area contributed by atoms with Crippen LogP contribution in [0.4, 0.5) is 4.79 Å². The Labute approximate surface area is 118 Å². The molecular weight excluding hydrogens is 262 g/mol. The Morgan fingerprint density at radius 2 is 1.90 bits per heavy atom. The van der Waals surface area contributed by atoms with Crippen molar-refractivity contribution < 1.29 is 19.5 Å². The molecule has 1 aliphatic rings. The van der Waals surface area contributed by atoms with E-state index < -0.39 is 5.97 Å². The summed E-state index contributed by atoms with van der Waals surface area (Å²) < 4.78 is 0. The highest BCUT2D eigenvalue weighted by Gasteiger charge is 2.27. The van der Waals surface area contributed by atoms with E-state index in [0.29, 0.717) is 32.5 Å². The summed E-state index contributed by atoms with van der Waals surface area (Å²) in [5, 5.41) is 11.3. The molecule has 0 aromatic rings. The van der Waals surface area contributed by atoms with Gasteiger partial charge in [0.05, 0.1) is 0 Å². The maximum Gasteiger partial charge on any atom is 0.320 e. The van der Waals surface area contributed by atoms with E-state index in [4.69, 9.17) is 5.11 Å². The van der Waals surface area contributed by atoms with Crippen LogP contribution in [0.3, 0.4) is 0 Å². The molecular formula is C13H23N3O4. The molecule has 0 aromatic heterocycles. The van der Waals surface area contributed by atoms with Gasteiger partial charge in [-0.2, -0.15) is 0 Å². The SMILES string of the molecule is CCN(CC(=O)NC)C(=O)N1CCC(CC(=O)O)CC1. The van der Waals surface area contributed by atoms with Gasteiger partial charge < -0.3 is 20.2 Å². The molecule has 7 nitrogen and oxygen atoms in total. The van der Waals surface area contributed by atoms with E-state index in [1.807, 2.05) is 6.92 Å². The minimum Gasteiger partial charge on any atom is -0.481 e. The van der Waals surface area contributed by atoms with Crippen molar-refractivity contribution >= 4 is 17.9 Å². The number of carbonyl (C=O) groups is 3. The fraction of sp³-hybridized carbons (Fsp3) is 0.769. The quantitative estimate of drug-likeness (QED) is 0.763. The number of aliphatic carboxylic acids is 1. The normalized spacial score (nSPS) is 15.8. The van der Waals surface area contributed by atoms with Crippen LogP contribution in [-0.2, 0) is 9.59 Å². The van der Waals surface area contributed by atoms with Gasteiger partial charge in [0.2, 0.25) is 5.91 Å². The molecule has 1 rings (SSSR count). The zero-order valence-corrected chi connectivity index (χ0v) is 12.1. The second-order valence-corrected chi connectivity index (χ2v) is 5.00. The first kappa shape index (κ1) is 16.3. The summed E-state index contributed by atoms with van der Waals surface area (Å²) in [5.74, 6) is -0.837. The van der Waals surface area contributed by atoms with Crippen molar-refractivity contribution in [1.82, 2.24) is 15.1 Å². The largest absolute Gasteiger partial charge is 0.481 e. The number of rotatable bonds is 5. The molecule has 1 aliphatic heterocycles. The summed E-state index contributed by atoms with van der Waals surface area (Å²) in [5.41, 5.74) is 0. The average Bonchev–Trinajstić information content (AvgIpc) is 2.44. The number of urea groups is 1. The molecule has 0 aliphatic carbocycles. The molecule has 0 aromatic carbocycles. The minimum atomic E-state index is -0.787. The van der Waals surface area contributed by atoms with Gasteiger partial charge in [-0.3, -0.25) is 9.59 Å². The number of carboxylic acid groups (broad SMARTS) is 1. The van der Waals surface area contributed by atoms with Crippen molar-refractivity contribution in [2.75, 3.05) is 33.2 Å². The van der Waals surface area contributed by atoms with Crippen molar-refractivity contribution in [3.05, 3.63) is 0 Å². The summed E-state index contributed by atoms with van der Waals surface area (Å²) in [7, 11) is 1.54. The molecule has 1 heterocycles. The molecule has 0 atom stereocenters. The number of hydrogen-bond acceptors (Lipinski definition) is 3. The van der Waals surface area contributed by atoms with Crippen molar-refractivity contribution in [3.8, 4) is 0 Å². The maximum atomic E-state index is 12.3. The van der Waals surface area contributed by atoms with Gasteiger partial charge in [-0.1, -0.05) is 0 Å². The van der Waals surface area contributed by atoms with Crippen LogP contribution in [0.15, 0.2) is 0 Å². The van der Waals surface area contributed by atoms with Crippen LogP contribution in [-0.4, -0.2) is 66.0 Å². The van der Waals surface area contributed by atoms with E-state index in [1.165, 1.54) is 11.9 Å². The molecule has 0 saturated carbocycles. The predicted molar refractivity (Wildman–Crippen MR) is 73.3 cm³/mol. The Balaban J connectivity index is 2.48. The molecule has 20 heavy (non-hydrogen) atoms. The van der Waals surface area contributed by atoms with E-state index in [2.05, 4.69) is 5.32 Å². The summed E-state index contributed by atoms with van der Waals surface area (Å²) in [6.45, 7) is 3.47. The molecule has 7 heteroatoms. The Morgan fingerprint density at radius 3 is 2.35 bits per heavy atom. The lowest BCUT2D eigenvalue weighted by Gasteiger charge is -2.34. The van der Waals surface area contributed by atoms with Crippen LogP contribution >= 0.6 is 0 Å². The highest BCUT2D eigenvalue weighted by Crippen LogP contribution is 2.21. The van der Waals surface area contributed by atoms with Crippen LogP contribution in [0, 0.1) is 5.92 Å². The van der Waals surface area contributed by atoms with Crippen LogP contribution in [0.5, 0.6) is 0 Å². The maximum absolute atomic E-state index is 12.3. The van der Waals surface area contributed by atoms with Crippen LogP contribution < -0.4 is 5.32 Å². The second kappa shape index (κ2) is 7.72. The topological polar surface area (TPSA) is 90.0 Å². The fourth-order valence-electron chi connectivity index (χ4n) is 2.34. The monoisotopic (exact) mass is 285 g/mol. The van der Waals surface area contributed by atoms with Gasteiger partial charge >= 0.3 is 12.0 Å². The van der Waals surface area contributed by atoms with Gasteiger partial charge in [-0.15, -0.1) is 0 Å². The molecule has 0 radical (unpaired) electrons. The van der Waals surface area contributed by atoms with Crippen LogP contribution in [0.2, 0.25) is 0 Å². The number of likely N-dealkylation sites (N-methyl/N-ethyl adjacent to an activating group) is 2. The molecule has 2 N–H and O–H groups in total. The Hall–Kier alpha value is -1.79. The Morgan fingerprint density at radius 1 is 1.30 bits per heavy atom.